The Bertz CT molecular complexity index is 722. The van der Waals surface area contributed by atoms with Gasteiger partial charge in [0.2, 0.25) is 0 Å². The van der Waals surface area contributed by atoms with Crippen LogP contribution in [0.15, 0.2) is 17.5 Å². The van der Waals surface area contributed by atoms with Crippen molar-refractivity contribution in [2.75, 3.05) is 24.5 Å². The average molecular weight is 328 g/mol. The summed E-state index contributed by atoms with van der Waals surface area (Å²) in [4.78, 5) is 27.1. The maximum atomic E-state index is 12.7. The lowest BCUT2D eigenvalue weighted by atomic mass is 10.1. The van der Waals surface area contributed by atoms with Gasteiger partial charge < -0.3 is 9.80 Å². The van der Waals surface area contributed by atoms with Crippen LogP contribution in [-0.4, -0.2) is 40.4 Å². The van der Waals surface area contributed by atoms with Gasteiger partial charge in [0.25, 0.3) is 5.91 Å². The average Bonchev–Trinajstić information content (AvgIpc) is 3.26. The first-order valence-corrected chi connectivity index (χ1v) is 9.04. The van der Waals surface area contributed by atoms with Crippen LogP contribution in [0.5, 0.6) is 0 Å². The number of aromatic nitrogens is 2. The molecule has 5 nitrogen and oxygen atoms in total. The molecule has 0 radical (unpaired) electrons. The van der Waals surface area contributed by atoms with Gasteiger partial charge in [-0.25, -0.2) is 9.97 Å². The van der Waals surface area contributed by atoms with Crippen molar-refractivity contribution < 1.29 is 4.79 Å². The summed E-state index contributed by atoms with van der Waals surface area (Å²) in [6, 6.07) is 3.83. The number of rotatable bonds is 2. The summed E-state index contributed by atoms with van der Waals surface area (Å²) in [6.45, 7) is 5.43. The zero-order valence-corrected chi connectivity index (χ0v) is 14.1. The Balaban J connectivity index is 1.66. The molecule has 0 N–H and O–H groups in total. The second-order valence-electron chi connectivity index (χ2n) is 6.17. The number of anilines is 1. The maximum absolute atomic E-state index is 12.7. The molecule has 4 rings (SSSR count). The molecule has 4 heterocycles. The van der Waals surface area contributed by atoms with Crippen LogP contribution in [0.2, 0.25) is 0 Å². The fourth-order valence-corrected chi connectivity index (χ4v) is 4.13. The predicted molar refractivity (Wildman–Crippen MR) is 91.0 cm³/mol. The minimum Gasteiger partial charge on any atom is -0.356 e. The Kier molecular flexibility index (Phi) is 3.77. The molecule has 0 spiro atoms. The van der Waals surface area contributed by atoms with E-state index in [1.807, 2.05) is 29.3 Å². The van der Waals surface area contributed by atoms with Gasteiger partial charge in [0, 0.05) is 31.6 Å². The molecule has 0 aromatic carbocycles. The van der Waals surface area contributed by atoms with Gasteiger partial charge in [-0.1, -0.05) is 6.07 Å². The molecule has 0 atom stereocenters. The second-order valence-corrected chi connectivity index (χ2v) is 7.12. The molecule has 2 aromatic rings. The van der Waals surface area contributed by atoms with Crippen molar-refractivity contribution in [1.82, 2.24) is 14.9 Å². The van der Waals surface area contributed by atoms with Crippen molar-refractivity contribution in [3.8, 4) is 0 Å². The van der Waals surface area contributed by atoms with Crippen LogP contribution in [0.1, 0.15) is 39.6 Å². The molecule has 2 aliphatic heterocycles. The lowest BCUT2D eigenvalue weighted by Crippen LogP contribution is -2.37. The molecule has 2 aliphatic rings. The minimum atomic E-state index is 0.124. The molecule has 23 heavy (non-hydrogen) atoms. The highest BCUT2D eigenvalue weighted by Gasteiger charge is 2.28. The summed E-state index contributed by atoms with van der Waals surface area (Å²) in [6.07, 6.45) is 3.25. The number of aryl methyl sites for hydroxylation is 1. The lowest BCUT2D eigenvalue weighted by Gasteiger charge is -2.31. The molecule has 1 saturated heterocycles. The van der Waals surface area contributed by atoms with E-state index in [1.54, 1.807) is 0 Å². The van der Waals surface area contributed by atoms with Gasteiger partial charge in [0.15, 0.2) is 0 Å². The van der Waals surface area contributed by atoms with E-state index in [2.05, 4.69) is 9.88 Å². The smallest absolute Gasteiger partial charge is 0.264 e. The largest absolute Gasteiger partial charge is 0.356 e. The van der Waals surface area contributed by atoms with Gasteiger partial charge in [0.05, 0.1) is 17.1 Å². The summed E-state index contributed by atoms with van der Waals surface area (Å²) in [5.74, 6) is 2.01. The summed E-state index contributed by atoms with van der Waals surface area (Å²) >= 11 is 1.51. The summed E-state index contributed by atoms with van der Waals surface area (Å²) in [5, 5.41) is 1.95. The zero-order chi connectivity index (χ0) is 15.8. The predicted octanol–water partition coefficient (Wildman–Crippen LogP) is 2.65. The Morgan fingerprint density at radius 1 is 1.22 bits per heavy atom. The molecule has 2 aromatic heterocycles. The number of carbonyl (C=O) groups is 1. The van der Waals surface area contributed by atoms with Gasteiger partial charge in [-0.3, -0.25) is 4.79 Å². The second kappa shape index (κ2) is 5.92. The topological polar surface area (TPSA) is 49.3 Å². The van der Waals surface area contributed by atoms with Crippen LogP contribution < -0.4 is 4.90 Å². The van der Waals surface area contributed by atoms with Gasteiger partial charge in [-0.05, 0) is 31.2 Å². The Labute approximate surface area is 140 Å². The fourth-order valence-electron chi connectivity index (χ4n) is 3.44. The first-order valence-electron chi connectivity index (χ1n) is 8.16. The molecule has 1 fully saturated rings. The first kappa shape index (κ1) is 14.6. The van der Waals surface area contributed by atoms with E-state index < -0.39 is 0 Å². The Hall–Kier alpha value is -1.95. The van der Waals surface area contributed by atoms with Crippen LogP contribution in [0.3, 0.4) is 0 Å². The molecule has 120 valence electrons. The molecule has 0 bridgehead atoms. The third-order valence-corrected chi connectivity index (χ3v) is 5.43. The van der Waals surface area contributed by atoms with E-state index in [9.17, 15) is 4.79 Å². The van der Waals surface area contributed by atoms with Crippen molar-refractivity contribution in [2.24, 2.45) is 0 Å². The zero-order valence-electron chi connectivity index (χ0n) is 13.3. The van der Waals surface area contributed by atoms with Crippen molar-refractivity contribution in [2.45, 2.75) is 32.7 Å². The van der Waals surface area contributed by atoms with Crippen LogP contribution in [0.25, 0.3) is 0 Å². The Morgan fingerprint density at radius 3 is 2.78 bits per heavy atom. The molecule has 0 saturated carbocycles. The molecular weight excluding hydrogens is 308 g/mol. The third-order valence-electron chi connectivity index (χ3n) is 4.58. The SMILES string of the molecule is Cc1nc2c(c(N3CCCC3)n1)CN(C(=O)c1cccs1)CC2. The van der Waals surface area contributed by atoms with Crippen molar-refractivity contribution in [3.63, 3.8) is 0 Å². The number of hydrogen-bond acceptors (Lipinski definition) is 5. The number of carbonyl (C=O) groups excluding carboxylic acids is 1. The van der Waals surface area contributed by atoms with E-state index in [4.69, 9.17) is 4.98 Å². The summed E-state index contributed by atoms with van der Waals surface area (Å²) in [7, 11) is 0. The van der Waals surface area contributed by atoms with Crippen LogP contribution >= 0.6 is 11.3 Å². The minimum absolute atomic E-state index is 0.124. The number of hydrogen-bond donors (Lipinski definition) is 0. The quantitative estimate of drug-likeness (QED) is 0.850. The molecule has 6 heteroatoms. The number of fused-ring (bicyclic) bond motifs is 1. The van der Waals surface area contributed by atoms with Crippen LogP contribution in [0, 0.1) is 6.92 Å². The summed E-state index contributed by atoms with van der Waals surface area (Å²) in [5.41, 5.74) is 2.27. The van der Waals surface area contributed by atoms with Crippen molar-refractivity contribution >= 4 is 23.1 Å². The highest BCUT2D eigenvalue weighted by Crippen LogP contribution is 2.29. The van der Waals surface area contributed by atoms with E-state index in [1.165, 1.54) is 24.2 Å². The highest BCUT2D eigenvalue weighted by atomic mass is 32.1. The van der Waals surface area contributed by atoms with E-state index >= 15 is 0 Å². The van der Waals surface area contributed by atoms with Gasteiger partial charge >= 0.3 is 0 Å². The standard InChI is InChI=1S/C17H20N4OS/c1-12-18-14-6-9-21(17(22)15-5-4-10-23-15)11-13(14)16(19-12)20-7-2-3-8-20/h4-5,10H,2-3,6-9,11H2,1H3. The molecule has 0 aliphatic carbocycles. The van der Waals surface area contributed by atoms with Gasteiger partial charge in [0.1, 0.15) is 11.6 Å². The first-order chi connectivity index (χ1) is 11.2. The Morgan fingerprint density at radius 2 is 2.04 bits per heavy atom. The molecule has 1 amide bonds. The lowest BCUT2D eigenvalue weighted by molar-refractivity contribution is 0.0738. The normalized spacial score (nSPS) is 17.4. The number of thiophene rings is 1. The van der Waals surface area contributed by atoms with E-state index in [0.717, 1.165) is 53.8 Å². The van der Waals surface area contributed by atoms with E-state index in [-0.39, 0.29) is 5.91 Å². The van der Waals surface area contributed by atoms with E-state index in [0.29, 0.717) is 6.54 Å². The highest BCUT2D eigenvalue weighted by molar-refractivity contribution is 7.12. The summed E-state index contributed by atoms with van der Waals surface area (Å²) < 4.78 is 0. The fraction of sp³-hybridized carbons (Fsp3) is 0.471. The number of amides is 1. The van der Waals surface area contributed by atoms with Gasteiger partial charge in [-0.2, -0.15) is 0 Å². The van der Waals surface area contributed by atoms with Crippen LogP contribution in [-0.2, 0) is 13.0 Å². The maximum Gasteiger partial charge on any atom is 0.264 e. The van der Waals surface area contributed by atoms with Gasteiger partial charge in [-0.15, -0.1) is 11.3 Å². The number of nitrogens with zero attached hydrogens (tertiary/aromatic N) is 4. The molecular formula is C17H20N4OS. The monoisotopic (exact) mass is 328 g/mol. The van der Waals surface area contributed by atoms with Crippen LogP contribution in [0.4, 0.5) is 5.82 Å². The molecule has 0 unspecified atom stereocenters. The van der Waals surface area contributed by atoms with Crippen molar-refractivity contribution in [3.05, 3.63) is 39.5 Å². The van der Waals surface area contributed by atoms with Crippen molar-refractivity contribution in [1.29, 1.82) is 0 Å². The third kappa shape index (κ3) is 2.72.